The molecule has 2 aromatic heterocycles. The van der Waals surface area contributed by atoms with Crippen LogP contribution in [0.15, 0.2) is 36.5 Å². The quantitative estimate of drug-likeness (QED) is 0.493. The fourth-order valence-electron chi connectivity index (χ4n) is 3.91. The maximum Gasteiger partial charge on any atom is 0.140 e. The van der Waals surface area contributed by atoms with E-state index < -0.39 is 0 Å². The second-order valence-electron chi connectivity index (χ2n) is 7.59. The highest BCUT2D eigenvalue weighted by atomic mass is 32.1. The van der Waals surface area contributed by atoms with Gasteiger partial charge in [0.05, 0.1) is 4.99 Å². The van der Waals surface area contributed by atoms with Gasteiger partial charge in [-0.05, 0) is 56.5 Å². The standard InChI is InChI=1S/C24H29FN4S2/c1-5-29(6-2)24(31)18-14-21-20(11-12-26-16(3)30)22(28(4)23(21)27-15-18)13-17-7-9-19(25)10-8-17/h7-10,14-15H,5-6,11-13H2,1-4H3,(H,26,30). The van der Waals surface area contributed by atoms with Crippen molar-refractivity contribution in [3.63, 3.8) is 0 Å². The van der Waals surface area contributed by atoms with Crippen LogP contribution in [0.4, 0.5) is 4.39 Å². The van der Waals surface area contributed by atoms with Crippen LogP contribution in [0.5, 0.6) is 0 Å². The van der Waals surface area contributed by atoms with Gasteiger partial charge in [0.25, 0.3) is 0 Å². The van der Waals surface area contributed by atoms with Crippen molar-refractivity contribution in [3.8, 4) is 0 Å². The minimum absolute atomic E-state index is 0.224. The lowest BCUT2D eigenvalue weighted by Crippen LogP contribution is -2.29. The Morgan fingerprint density at radius 2 is 1.84 bits per heavy atom. The minimum Gasteiger partial charge on any atom is -0.380 e. The van der Waals surface area contributed by atoms with Crippen molar-refractivity contribution >= 4 is 45.4 Å². The molecule has 0 bridgehead atoms. The van der Waals surface area contributed by atoms with Crippen LogP contribution in [-0.4, -0.2) is 44.1 Å². The monoisotopic (exact) mass is 456 g/mol. The predicted molar refractivity (Wildman–Crippen MR) is 135 cm³/mol. The zero-order valence-corrected chi connectivity index (χ0v) is 20.2. The lowest BCUT2D eigenvalue weighted by Gasteiger charge is -2.21. The number of benzene rings is 1. The molecule has 1 aromatic carbocycles. The molecule has 164 valence electrons. The molecular formula is C24H29FN4S2. The number of rotatable bonds is 8. The van der Waals surface area contributed by atoms with E-state index in [0.717, 1.165) is 58.2 Å². The molecule has 31 heavy (non-hydrogen) atoms. The Kier molecular flexibility index (Phi) is 7.73. The number of hydrogen-bond acceptors (Lipinski definition) is 3. The van der Waals surface area contributed by atoms with Crippen LogP contribution >= 0.6 is 24.4 Å². The molecule has 0 aliphatic heterocycles. The van der Waals surface area contributed by atoms with E-state index in [2.05, 4.69) is 34.7 Å². The molecule has 3 rings (SSSR count). The van der Waals surface area contributed by atoms with Crippen molar-refractivity contribution in [2.75, 3.05) is 19.6 Å². The topological polar surface area (TPSA) is 33.1 Å². The third-order valence-electron chi connectivity index (χ3n) is 5.59. The van der Waals surface area contributed by atoms with E-state index in [9.17, 15) is 4.39 Å². The highest BCUT2D eigenvalue weighted by Crippen LogP contribution is 2.28. The number of aromatic nitrogens is 2. The summed E-state index contributed by atoms with van der Waals surface area (Å²) in [6.07, 6.45) is 3.38. The smallest absolute Gasteiger partial charge is 0.140 e. The predicted octanol–water partition coefficient (Wildman–Crippen LogP) is 4.80. The van der Waals surface area contributed by atoms with Crippen LogP contribution in [-0.2, 0) is 19.9 Å². The molecule has 3 aromatic rings. The molecule has 0 saturated carbocycles. The van der Waals surface area contributed by atoms with E-state index in [1.807, 2.05) is 32.3 Å². The number of thiocarbonyl (C=S) groups is 2. The molecule has 0 fully saturated rings. The van der Waals surface area contributed by atoms with E-state index in [4.69, 9.17) is 29.4 Å². The average molecular weight is 457 g/mol. The molecule has 0 unspecified atom stereocenters. The summed E-state index contributed by atoms with van der Waals surface area (Å²) in [5.74, 6) is -0.224. The Hall–Kier alpha value is -2.38. The molecule has 0 saturated heterocycles. The minimum atomic E-state index is -0.224. The summed E-state index contributed by atoms with van der Waals surface area (Å²) in [7, 11) is 2.04. The first kappa shape index (κ1) is 23.3. The van der Waals surface area contributed by atoms with Crippen LogP contribution in [0.2, 0.25) is 0 Å². The van der Waals surface area contributed by atoms with Gasteiger partial charge in [0, 0.05) is 55.9 Å². The van der Waals surface area contributed by atoms with Gasteiger partial charge in [-0.1, -0.05) is 36.6 Å². The van der Waals surface area contributed by atoms with Gasteiger partial charge in [-0.25, -0.2) is 9.37 Å². The van der Waals surface area contributed by atoms with Crippen LogP contribution in [0.25, 0.3) is 11.0 Å². The molecular weight excluding hydrogens is 427 g/mol. The Morgan fingerprint density at radius 3 is 2.45 bits per heavy atom. The van der Waals surface area contributed by atoms with Gasteiger partial charge in [-0.3, -0.25) is 0 Å². The Balaban J connectivity index is 2.07. The summed E-state index contributed by atoms with van der Waals surface area (Å²) in [4.78, 5) is 8.54. The number of aryl methyl sites for hydroxylation is 1. The summed E-state index contributed by atoms with van der Waals surface area (Å²) in [6.45, 7) is 8.58. The van der Waals surface area contributed by atoms with Gasteiger partial charge >= 0.3 is 0 Å². The normalized spacial score (nSPS) is 11.0. The van der Waals surface area contributed by atoms with Crippen LogP contribution in [0, 0.1) is 5.82 Å². The van der Waals surface area contributed by atoms with Crippen molar-refractivity contribution in [3.05, 3.63) is 64.7 Å². The van der Waals surface area contributed by atoms with Gasteiger partial charge in [-0.2, -0.15) is 0 Å². The largest absolute Gasteiger partial charge is 0.380 e. The highest BCUT2D eigenvalue weighted by molar-refractivity contribution is 7.80. The van der Waals surface area contributed by atoms with Gasteiger partial charge in [0.1, 0.15) is 16.5 Å². The van der Waals surface area contributed by atoms with Crippen LogP contribution < -0.4 is 5.32 Å². The van der Waals surface area contributed by atoms with Gasteiger partial charge < -0.3 is 14.8 Å². The molecule has 0 radical (unpaired) electrons. The average Bonchev–Trinajstić information content (AvgIpc) is 3.01. The van der Waals surface area contributed by atoms with Crippen LogP contribution in [0.3, 0.4) is 0 Å². The number of nitrogens with zero attached hydrogens (tertiary/aromatic N) is 3. The van der Waals surface area contributed by atoms with E-state index in [1.165, 1.54) is 23.4 Å². The van der Waals surface area contributed by atoms with E-state index >= 15 is 0 Å². The maximum atomic E-state index is 13.4. The molecule has 0 amide bonds. The van der Waals surface area contributed by atoms with Crippen molar-refractivity contribution in [2.45, 2.75) is 33.6 Å². The summed E-state index contributed by atoms with van der Waals surface area (Å²) in [5.41, 5.74) is 5.35. The molecule has 7 heteroatoms. The van der Waals surface area contributed by atoms with Crippen molar-refractivity contribution in [1.82, 2.24) is 19.8 Å². The van der Waals surface area contributed by atoms with Crippen molar-refractivity contribution < 1.29 is 4.39 Å². The van der Waals surface area contributed by atoms with E-state index in [1.54, 1.807) is 0 Å². The molecule has 0 atom stereocenters. The van der Waals surface area contributed by atoms with Gasteiger partial charge in [0.15, 0.2) is 0 Å². The van der Waals surface area contributed by atoms with Crippen LogP contribution in [0.1, 0.15) is 43.2 Å². The number of pyridine rings is 1. The Morgan fingerprint density at radius 1 is 1.16 bits per heavy atom. The second kappa shape index (κ2) is 10.3. The first-order valence-corrected chi connectivity index (χ1v) is 11.4. The fourth-order valence-corrected chi connectivity index (χ4v) is 4.38. The second-order valence-corrected chi connectivity index (χ2v) is 8.59. The third-order valence-corrected chi connectivity index (χ3v) is 6.23. The first-order chi connectivity index (χ1) is 14.8. The molecule has 2 heterocycles. The number of halogens is 1. The number of fused-ring (bicyclic) bond motifs is 1. The van der Waals surface area contributed by atoms with E-state index in [0.29, 0.717) is 6.42 Å². The summed E-state index contributed by atoms with van der Waals surface area (Å²) < 4.78 is 15.5. The lowest BCUT2D eigenvalue weighted by atomic mass is 10.0. The van der Waals surface area contributed by atoms with Crippen molar-refractivity contribution in [2.24, 2.45) is 7.05 Å². The SMILES string of the molecule is CCN(CC)C(=S)c1cnc2c(c1)c(CCNC(C)=S)c(Cc1ccc(F)cc1)n2C. The molecule has 0 aliphatic rings. The zero-order valence-electron chi connectivity index (χ0n) is 18.5. The number of nitrogens with one attached hydrogen (secondary N) is 1. The summed E-state index contributed by atoms with van der Waals surface area (Å²) in [5, 5.41) is 4.37. The molecule has 0 aliphatic carbocycles. The zero-order chi connectivity index (χ0) is 22.5. The van der Waals surface area contributed by atoms with E-state index in [-0.39, 0.29) is 5.82 Å². The highest BCUT2D eigenvalue weighted by Gasteiger charge is 2.19. The molecule has 4 nitrogen and oxygen atoms in total. The fraction of sp³-hybridized carbons (Fsp3) is 0.375. The summed E-state index contributed by atoms with van der Waals surface area (Å²) in [6, 6.07) is 8.85. The first-order valence-electron chi connectivity index (χ1n) is 10.6. The Labute approximate surface area is 194 Å². The van der Waals surface area contributed by atoms with Gasteiger partial charge in [0.2, 0.25) is 0 Å². The lowest BCUT2D eigenvalue weighted by molar-refractivity contribution is 0.474. The molecule has 0 spiro atoms. The third kappa shape index (κ3) is 5.28. The maximum absolute atomic E-state index is 13.4. The molecule has 1 N–H and O–H groups in total. The Bertz CT molecular complexity index is 1090. The summed E-state index contributed by atoms with van der Waals surface area (Å²) >= 11 is 10.9. The van der Waals surface area contributed by atoms with Gasteiger partial charge in [-0.15, -0.1) is 0 Å². The number of hydrogen-bond donors (Lipinski definition) is 1. The van der Waals surface area contributed by atoms with Crippen molar-refractivity contribution in [1.29, 1.82) is 0 Å².